The predicted molar refractivity (Wildman–Crippen MR) is 129 cm³/mol. The van der Waals surface area contributed by atoms with E-state index in [0.717, 1.165) is 30.6 Å². The third-order valence-electron chi connectivity index (χ3n) is 5.68. The number of thiazole rings is 1. The molecule has 1 aliphatic rings. The molecule has 1 fully saturated rings. The number of aromatic nitrogens is 3. The van der Waals surface area contributed by atoms with Gasteiger partial charge in [0.1, 0.15) is 5.69 Å². The van der Waals surface area contributed by atoms with Crippen LogP contribution in [0, 0.1) is 0 Å². The van der Waals surface area contributed by atoms with Crippen LogP contribution in [-0.4, -0.2) is 27.0 Å². The molecule has 0 saturated carbocycles. The monoisotopic (exact) mass is 463 g/mol. The van der Waals surface area contributed by atoms with E-state index in [1.165, 1.54) is 17.0 Å². The van der Waals surface area contributed by atoms with Crippen molar-refractivity contribution in [2.24, 2.45) is 0 Å². The molecule has 0 radical (unpaired) electrons. The van der Waals surface area contributed by atoms with Crippen molar-refractivity contribution in [3.63, 3.8) is 0 Å². The summed E-state index contributed by atoms with van der Waals surface area (Å²) in [6.07, 6.45) is 7.36. The minimum Gasteiger partial charge on any atom is -0.363 e. The topological polar surface area (TPSA) is 63.1 Å². The first-order chi connectivity index (χ1) is 15.7. The normalized spacial score (nSPS) is 15.8. The molecule has 1 saturated heterocycles. The smallest absolute Gasteiger partial charge is 0.274 e. The first-order valence-corrected chi connectivity index (χ1v) is 11.8. The Bertz CT molecular complexity index is 1220. The van der Waals surface area contributed by atoms with Crippen LogP contribution >= 0.6 is 22.9 Å². The van der Waals surface area contributed by atoms with E-state index in [2.05, 4.69) is 44.8 Å². The van der Waals surface area contributed by atoms with Gasteiger partial charge in [0.25, 0.3) is 5.91 Å². The fraction of sp³-hybridized carbons (Fsp3) is 0.208. The van der Waals surface area contributed by atoms with Gasteiger partial charge in [-0.1, -0.05) is 29.8 Å². The average molecular weight is 464 g/mol. The molecule has 32 heavy (non-hydrogen) atoms. The van der Waals surface area contributed by atoms with Gasteiger partial charge < -0.3 is 9.47 Å². The van der Waals surface area contributed by atoms with Gasteiger partial charge in [-0.2, -0.15) is 0 Å². The number of para-hydroxylation sites is 1. The summed E-state index contributed by atoms with van der Waals surface area (Å²) in [6, 6.07) is 16.2. The minimum atomic E-state index is -0.188. The summed E-state index contributed by atoms with van der Waals surface area (Å²) in [5, 5.41) is 6.21. The van der Waals surface area contributed by atoms with Gasteiger partial charge in [0.15, 0.2) is 5.13 Å². The van der Waals surface area contributed by atoms with Gasteiger partial charge in [-0.05, 0) is 48.7 Å². The highest BCUT2D eigenvalue weighted by Gasteiger charge is 2.28. The number of hydrogen-bond acceptors (Lipinski definition) is 5. The van der Waals surface area contributed by atoms with Crippen molar-refractivity contribution in [2.75, 3.05) is 16.8 Å². The molecule has 162 valence electrons. The van der Waals surface area contributed by atoms with Crippen LogP contribution < -0.4 is 10.2 Å². The molecule has 1 N–H and O–H groups in total. The maximum Gasteiger partial charge on any atom is 0.274 e. The molecule has 0 bridgehead atoms. The molecular weight excluding hydrogens is 442 g/mol. The van der Waals surface area contributed by atoms with Gasteiger partial charge in [-0.15, -0.1) is 11.3 Å². The molecule has 6 nitrogen and oxygen atoms in total. The molecule has 8 heteroatoms. The van der Waals surface area contributed by atoms with Crippen LogP contribution in [0.4, 0.5) is 10.8 Å². The van der Waals surface area contributed by atoms with Crippen molar-refractivity contribution in [1.82, 2.24) is 14.5 Å². The van der Waals surface area contributed by atoms with Crippen LogP contribution in [0.3, 0.4) is 0 Å². The summed E-state index contributed by atoms with van der Waals surface area (Å²) < 4.78 is 1.87. The van der Waals surface area contributed by atoms with Crippen LogP contribution in [0.5, 0.6) is 0 Å². The molecule has 1 aromatic carbocycles. The highest BCUT2D eigenvalue weighted by atomic mass is 35.5. The molecule has 3 aromatic heterocycles. The lowest BCUT2D eigenvalue weighted by Crippen LogP contribution is -2.22. The Morgan fingerprint density at radius 3 is 2.91 bits per heavy atom. The van der Waals surface area contributed by atoms with Crippen LogP contribution in [0.25, 0.3) is 0 Å². The summed E-state index contributed by atoms with van der Waals surface area (Å²) >= 11 is 7.70. The Balaban J connectivity index is 1.30. The molecule has 0 unspecified atom stereocenters. The second kappa shape index (κ2) is 9.14. The number of carbonyl (C=O) groups excluding carboxylic acids is 1. The van der Waals surface area contributed by atoms with Crippen molar-refractivity contribution >= 4 is 39.7 Å². The maximum atomic E-state index is 13.0. The maximum absolute atomic E-state index is 13.0. The highest BCUT2D eigenvalue weighted by molar-refractivity contribution is 7.14. The second-order valence-corrected chi connectivity index (χ2v) is 8.97. The van der Waals surface area contributed by atoms with Gasteiger partial charge in [0.2, 0.25) is 0 Å². The summed E-state index contributed by atoms with van der Waals surface area (Å²) in [4.78, 5) is 24.1. The summed E-state index contributed by atoms with van der Waals surface area (Å²) in [6.45, 7) is 1.51. The Kier molecular flexibility index (Phi) is 5.92. The Labute approximate surface area is 195 Å². The zero-order chi connectivity index (χ0) is 21.9. The van der Waals surface area contributed by atoms with Crippen molar-refractivity contribution < 1.29 is 4.79 Å². The van der Waals surface area contributed by atoms with Crippen LogP contribution in [0.15, 0.2) is 72.5 Å². The number of hydrogen-bond donors (Lipinski definition) is 1. The summed E-state index contributed by atoms with van der Waals surface area (Å²) in [5.41, 5.74) is 3.68. The van der Waals surface area contributed by atoms with Gasteiger partial charge in [-0.25, -0.2) is 4.98 Å². The number of pyridine rings is 1. The number of rotatable bonds is 6. The van der Waals surface area contributed by atoms with E-state index in [9.17, 15) is 4.79 Å². The van der Waals surface area contributed by atoms with Crippen LogP contribution in [-0.2, 0) is 6.54 Å². The van der Waals surface area contributed by atoms with Crippen molar-refractivity contribution in [3.05, 3.63) is 94.5 Å². The summed E-state index contributed by atoms with van der Waals surface area (Å²) in [5.74, 6) is -0.188. The average Bonchev–Trinajstić information content (AvgIpc) is 3.56. The second-order valence-electron chi connectivity index (χ2n) is 7.71. The highest BCUT2D eigenvalue weighted by Crippen LogP contribution is 2.37. The third kappa shape index (κ3) is 4.26. The van der Waals surface area contributed by atoms with Crippen LogP contribution in [0.1, 0.15) is 40.6 Å². The lowest BCUT2D eigenvalue weighted by Gasteiger charge is -2.25. The van der Waals surface area contributed by atoms with E-state index in [1.807, 2.05) is 29.0 Å². The number of anilines is 2. The molecule has 1 aliphatic heterocycles. The van der Waals surface area contributed by atoms with E-state index >= 15 is 0 Å². The van der Waals surface area contributed by atoms with Crippen molar-refractivity contribution in [2.45, 2.75) is 25.4 Å². The molecule has 5 rings (SSSR count). The lowest BCUT2D eigenvalue weighted by atomic mass is 10.1. The van der Waals surface area contributed by atoms with E-state index in [-0.39, 0.29) is 11.9 Å². The number of carbonyl (C=O) groups is 1. The van der Waals surface area contributed by atoms with E-state index < -0.39 is 0 Å². The van der Waals surface area contributed by atoms with E-state index in [4.69, 9.17) is 16.6 Å². The lowest BCUT2D eigenvalue weighted by molar-refractivity contribution is 0.101. The number of nitrogens with zero attached hydrogens (tertiary/aromatic N) is 4. The Morgan fingerprint density at radius 1 is 1.19 bits per heavy atom. The molecular formula is C24H22ClN5OS. The van der Waals surface area contributed by atoms with E-state index in [1.54, 1.807) is 18.5 Å². The van der Waals surface area contributed by atoms with Crippen molar-refractivity contribution in [3.8, 4) is 0 Å². The third-order valence-corrected chi connectivity index (χ3v) is 6.80. The SMILES string of the molecule is O=C(Nc1nc([C@@H]2CCCN2c2ccccc2)cs1)c1cccn1Cc1ccncc1Cl. The quantitative estimate of drug-likeness (QED) is 0.402. The van der Waals surface area contributed by atoms with Gasteiger partial charge in [0.05, 0.1) is 16.8 Å². The number of amides is 1. The largest absolute Gasteiger partial charge is 0.363 e. The molecule has 0 spiro atoms. The van der Waals surface area contributed by atoms with Crippen LogP contribution in [0.2, 0.25) is 5.02 Å². The zero-order valence-corrected chi connectivity index (χ0v) is 18.9. The van der Waals surface area contributed by atoms with Gasteiger partial charge >= 0.3 is 0 Å². The number of nitrogens with one attached hydrogen (secondary N) is 1. The van der Waals surface area contributed by atoms with Gasteiger partial charge in [-0.3, -0.25) is 15.1 Å². The van der Waals surface area contributed by atoms with Crippen molar-refractivity contribution in [1.29, 1.82) is 0 Å². The molecule has 1 amide bonds. The number of halogens is 1. The molecule has 4 aromatic rings. The fourth-order valence-corrected chi connectivity index (χ4v) is 5.07. The minimum absolute atomic E-state index is 0.188. The Morgan fingerprint density at radius 2 is 2.06 bits per heavy atom. The molecule has 0 aliphatic carbocycles. The molecule has 1 atom stereocenters. The predicted octanol–water partition coefficient (Wildman–Crippen LogP) is 5.64. The first kappa shape index (κ1) is 20.7. The van der Waals surface area contributed by atoms with Gasteiger partial charge in [0, 0.05) is 42.7 Å². The fourth-order valence-electron chi connectivity index (χ4n) is 4.13. The first-order valence-electron chi connectivity index (χ1n) is 10.5. The van der Waals surface area contributed by atoms with E-state index in [0.29, 0.717) is 22.4 Å². The Hall–Kier alpha value is -3.16. The molecule has 4 heterocycles. The standard InChI is InChI=1S/C24H22ClN5OS/c25-19-14-26-11-10-17(19)15-29-12-4-9-22(29)23(31)28-24-27-20(16-32-24)21-8-5-13-30(21)18-6-2-1-3-7-18/h1-4,6-7,9-12,14,16,21H,5,8,13,15H2,(H,27,28,31)/t21-/m0/s1. The zero-order valence-electron chi connectivity index (χ0n) is 17.3. The summed E-state index contributed by atoms with van der Waals surface area (Å²) in [7, 11) is 0. The number of benzene rings is 1.